The van der Waals surface area contributed by atoms with Gasteiger partial charge in [-0.3, -0.25) is 9.69 Å². The molecule has 3 amide bonds. The molecule has 0 aliphatic carbocycles. The van der Waals surface area contributed by atoms with Gasteiger partial charge >= 0.3 is 6.03 Å². The molecule has 0 saturated carbocycles. The van der Waals surface area contributed by atoms with E-state index < -0.39 is 6.04 Å². The van der Waals surface area contributed by atoms with E-state index in [-0.39, 0.29) is 24.5 Å². The number of carbonyl (C=O) groups excluding carboxylic acids is 2. The normalized spacial score (nSPS) is 14.1. The summed E-state index contributed by atoms with van der Waals surface area (Å²) in [6.07, 6.45) is 2.93. The highest BCUT2D eigenvalue weighted by Gasteiger charge is 2.37. The predicted octanol–water partition coefficient (Wildman–Crippen LogP) is 7.07. The van der Waals surface area contributed by atoms with Gasteiger partial charge in [-0.25, -0.2) is 4.79 Å². The van der Waals surface area contributed by atoms with E-state index in [2.05, 4.69) is 16.8 Å². The minimum atomic E-state index is -0.398. The van der Waals surface area contributed by atoms with Crippen molar-refractivity contribution in [1.82, 2.24) is 9.47 Å². The second-order valence-corrected chi connectivity index (χ2v) is 10.2. The fourth-order valence-corrected chi connectivity index (χ4v) is 5.18. The van der Waals surface area contributed by atoms with Crippen LogP contribution in [0.3, 0.4) is 0 Å². The lowest BCUT2D eigenvalue weighted by molar-refractivity contribution is -0.119. The number of nitrogens with zero attached hydrogens (tertiary/aromatic N) is 3. The van der Waals surface area contributed by atoms with Crippen molar-refractivity contribution in [2.24, 2.45) is 0 Å². The van der Waals surface area contributed by atoms with Crippen LogP contribution >= 0.6 is 11.6 Å². The van der Waals surface area contributed by atoms with Crippen LogP contribution in [-0.4, -0.2) is 34.0 Å². The van der Waals surface area contributed by atoms with Gasteiger partial charge < -0.3 is 14.8 Å². The topological polar surface area (TPSA) is 57.6 Å². The molecule has 1 aliphatic heterocycles. The number of aryl methyl sites for hydroxylation is 1. The lowest BCUT2D eigenvalue weighted by Gasteiger charge is -2.40. The monoisotopic (exact) mass is 526 g/mol. The number of halogens is 1. The van der Waals surface area contributed by atoms with E-state index in [1.54, 1.807) is 9.80 Å². The van der Waals surface area contributed by atoms with Crippen LogP contribution in [0.15, 0.2) is 91.1 Å². The summed E-state index contributed by atoms with van der Waals surface area (Å²) in [6.45, 7) is 5.84. The first-order valence-electron chi connectivity index (χ1n) is 12.9. The molecule has 6 nitrogen and oxygen atoms in total. The number of hydrogen-bond acceptors (Lipinski definition) is 2. The minimum absolute atomic E-state index is 0.0807. The van der Waals surface area contributed by atoms with Crippen LogP contribution in [-0.2, 0) is 11.2 Å². The predicted molar refractivity (Wildman–Crippen MR) is 153 cm³/mol. The molecule has 5 rings (SSSR count). The maximum absolute atomic E-state index is 14.2. The number of aromatic nitrogens is 1. The maximum Gasteiger partial charge on any atom is 0.322 e. The molecule has 0 spiro atoms. The summed E-state index contributed by atoms with van der Waals surface area (Å²) in [6, 6.07) is 26.3. The van der Waals surface area contributed by atoms with Gasteiger partial charge in [-0.15, -0.1) is 0 Å². The molecule has 3 aromatic carbocycles. The quantitative estimate of drug-likeness (QED) is 0.292. The molecule has 1 aromatic heterocycles. The van der Waals surface area contributed by atoms with Crippen LogP contribution < -0.4 is 10.2 Å². The molecule has 7 heteroatoms. The average molecular weight is 527 g/mol. The van der Waals surface area contributed by atoms with Crippen LogP contribution in [0.5, 0.6) is 0 Å². The number of amides is 3. The summed E-state index contributed by atoms with van der Waals surface area (Å²) >= 11 is 6.38. The minimum Gasteiger partial charge on any atom is -0.316 e. The zero-order chi connectivity index (χ0) is 26.8. The maximum atomic E-state index is 14.2. The molecule has 38 heavy (non-hydrogen) atoms. The zero-order valence-electron chi connectivity index (χ0n) is 21.8. The van der Waals surface area contributed by atoms with Crippen molar-refractivity contribution < 1.29 is 9.59 Å². The van der Waals surface area contributed by atoms with Crippen molar-refractivity contribution in [3.8, 4) is 5.69 Å². The highest BCUT2D eigenvalue weighted by Crippen LogP contribution is 2.42. The van der Waals surface area contributed by atoms with E-state index in [1.165, 1.54) is 5.56 Å². The molecule has 1 aliphatic rings. The molecule has 0 saturated heterocycles. The molecule has 4 aromatic rings. The Morgan fingerprint density at radius 3 is 2.37 bits per heavy atom. The molecular formula is C31H31ClN4O2. The van der Waals surface area contributed by atoms with Crippen molar-refractivity contribution in [3.63, 3.8) is 0 Å². The van der Waals surface area contributed by atoms with Crippen molar-refractivity contribution >= 4 is 34.9 Å². The molecule has 1 N–H and O–H groups in total. The third-order valence-electron chi connectivity index (χ3n) is 6.96. The van der Waals surface area contributed by atoms with Gasteiger partial charge in [0.25, 0.3) is 0 Å². The Morgan fingerprint density at radius 2 is 1.68 bits per heavy atom. The van der Waals surface area contributed by atoms with Gasteiger partial charge in [0.15, 0.2) is 0 Å². The van der Waals surface area contributed by atoms with Gasteiger partial charge in [-0.2, -0.15) is 0 Å². The Hall–Kier alpha value is -4.03. The second-order valence-electron chi connectivity index (χ2n) is 9.72. The van der Waals surface area contributed by atoms with Crippen molar-refractivity contribution in [2.75, 3.05) is 16.8 Å². The molecule has 0 fully saturated rings. The number of carbonyl (C=O) groups is 2. The molecule has 1 atom stereocenters. The smallest absolute Gasteiger partial charge is 0.316 e. The molecule has 1 unspecified atom stereocenters. The molecule has 194 valence electrons. The Balaban J connectivity index is 1.49. The van der Waals surface area contributed by atoms with Crippen molar-refractivity contribution in [3.05, 3.63) is 113 Å². The number of para-hydroxylation sites is 2. The Morgan fingerprint density at radius 1 is 0.947 bits per heavy atom. The lowest BCUT2D eigenvalue weighted by Crippen LogP contribution is -2.49. The van der Waals surface area contributed by atoms with E-state index in [1.807, 2.05) is 105 Å². The average Bonchev–Trinajstić information content (AvgIpc) is 3.41. The van der Waals surface area contributed by atoms with Crippen molar-refractivity contribution in [1.29, 1.82) is 0 Å². The molecule has 0 bridgehead atoms. The number of nitrogens with one attached hydrogen (secondary N) is 1. The number of fused-ring (bicyclic) bond motifs is 3. The second kappa shape index (κ2) is 10.8. The summed E-state index contributed by atoms with van der Waals surface area (Å²) in [5.41, 5.74) is 5.44. The summed E-state index contributed by atoms with van der Waals surface area (Å²) < 4.78 is 2.11. The fourth-order valence-electron chi connectivity index (χ4n) is 4.98. The van der Waals surface area contributed by atoms with Gasteiger partial charge in [0.05, 0.1) is 17.1 Å². The summed E-state index contributed by atoms with van der Waals surface area (Å²) in [7, 11) is 0. The van der Waals surface area contributed by atoms with Crippen LogP contribution in [0.2, 0.25) is 5.02 Å². The number of urea groups is 1. The number of benzene rings is 3. The van der Waals surface area contributed by atoms with Crippen LogP contribution in [0.1, 0.15) is 43.6 Å². The summed E-state index contributed by atoms with van der Waals surface area (Å²) in [4.78, 5) is 30.9. The Bertz CT molecular complexity index is 1460. The Labute approximate surface area is 228 Å². The third-order valence-corrected chi connectivity index (χ3v) is 7.19. The number of anilines is 2. The molecule has 0 radical (unpaired) electrons. The van der Waals surface area contributed by atoms with E-state index in [9.17, 15) is 9.59 Å². The van der Waals surface area contributed by atoms with E-state index in [0.717, 1.165) is 29.1 Å². The Kier molecular flexibility index (Phi) is 7.25. The molecule has 2 heterocycles. The van der Waals surface area contributed by atoms with Crippen LogP contribution in [0.4, 0.5) is 16.2 Å². The van der Waals surface area contributed by atoms with Gasteiger partial charge in [0, 0.05) is 22.9 Å². The fraction of sp³-hybridized carbons (Fsp3) is 0.226. The van der Waals surface area contributed by atoms with Crippen LogP contribution in [0, 0.1) is 0 Å². The van der Waals surface area contributed by atoms with Gasteiger partial charge in [-0.1, -0.05) is 54.9 Å². The third kappa shape index (κ3) is 4.92. The zero-order valence-corrected chi connectivity index (χ0v) is 22.5. The highest BCUT2D eigenvalue weighted by atomic mass is 35.5. The summed E-state index contributed by atoms with van der Waals surface area (Å²) in [5, 5.41) is 3.56. The van der Waals surface area contributed by atoms with E-state index >= 15 is 0 Å². The van der Waals surface area contributed by atoms with Crippen LogP contribution in [0.25, 0.3) is 5.69 Å². The van der Waals surface area contributed by atoms with Gasteiger partial charge in [-0.05, 0) is 79.9 Å². The number of hydrogen-bond donors (Lipinski definition) is 1. The van der Waals surface area contributed by atoms with Gasteiger partial charge in [0.2, 0.25) is 5.91 Å². The first kappa shape index (κ1) is 25.6. The summed E-state index contributed by atoms with van der Waals surface area (Å²) in [5.74, 6) is -0.181. The van der Waals surface area contributed by atoms with Crippen molar-refractivity contribution in [2.45, 2.75) is 39.3 Å². The standard InChI is InChI=1S/C31H31ClN4O2/c1-4-22-14-16-25(17-15-22)33-31(38)35(21(2)3)20-29(37)36-27-12-6-5-11-26(27)34-18-8-13-28(34)30(36)23-9-7-10-24(32)19-23/h5-19,21,30H,4,20H2,1-3H3,(H,33,38). The molecular weight excluding hydrogens is 496 g/mol. The van der Waals surface area contributed by atoms with E-state index in [4.69, 9.17) is 11.6 Å². The number of rotatable bonds is 6. The van der Waals surface area contributed by atoms with Gasteiger partial charge in [0.1, 0.15) is 12.6 Å². The highest BCUT2D eigenvalue weighted by molar-refractivity contribution is 6.30. The first-order valence-corrected chi connectivity index (χ1v) is 13.3. The first-order chi connectivity index (χ1) is 18.4. The van der Waals surface area contributed by atoms with E-state index in [0.29, 0.717) is 10.7 Å². The largest absolute Gasteiger partial charge is 0.322 e. The lowest BCUT2D eigenvalue weighted by atomic mass is 9.97. The SMILES string of the molecule is CCc1ccc(NC(=O)N(CC(=O)N2c3ccccc3-n3cccc3C2c2cccc(Cl)c2)C(C)C)cc1.